The molecule has 3 aromatic heterocycles. The van der Waals surface area contributed by atoms with Gasteiger partial charge in [-0.1, -0.05) is 0 Å². The first-order valence-electron chi connectivity index (χ1n) is 7.20. The van der Waals surface area contributed by atoms with Crippen LogP contribution < -0.4 is 4.90 Å². The molecule has 0 aromatic carbocycles. The van der Waals surface area contributed by atoms with E-state index in [1.54, 1.807) is 10.8 Å². The maximum absolute atomic E-state index is 9.07. The van der Waals surface area contributed by atoms with Gasteiger partial charge < -0.3 is 14.6 Å². The van der Waals surface area contributed by atoms with Gasteiger partial charge in [-0.3, -0.25) is 0 Å². The molecule has 1 aliphatic rings. The molecule has 0 amide bonds. The largest absolute Gasteiger partial charge is 0.396 e. The van der Waals surface area contributed by atoms with Gasteiger partial charge >= 0.3 is 0 Å². The first-order valence-corrected chi connectivity index (χ1v) is 7.20. The first-order chi connectivity index (χ1) is 10.8. The summed E-state index contributed by atoms with van der Waals surface area (Å²) in [5, 5.41) is 21.9. The van der Waals surface area contributed by atoms with Gasteiger partial charge in [0.05, 0.1) is 18.8 Å². The lowest BCUT2D eigenvalue weighted by Gasteiger charge is -2.28. The topological polar surface area (TPSA) is 97.3 Å². The molecule has 0 atom stereocenters. The molecule has 0 bridgehead atoms. The quantitative estimate of drug-likeness (QED) is 0.701. The summed E-state index contributed by atoms with van der Waals surface area (Å²) in [7, 11) is 0. The summed E-state index contributed by atoms with van der Waals surface area (Å²) >= 11 is 0. The number of hydrogen-bond acceptors (Lipinski definition) is 7. The van der Waals surface area contributed by atoms with Gasteiger partial charge in [-0.15, -0.1) is 10.2 Å². The Morgan fingerprint density at radius 2 is 2.14 bits per heavy atom. The number of aryl methyl sites for hydroxylation is 1. The minimum absolute atomic E-state index is 0.0843. The van der Waals surface area contributed by atoms with Crippen LogP contribution >= 0.6 is 0 Å². The highest BCUT2D eigenvalue weighted by molar-refractivity contribution is 5.45. The molecular formula is C13H16N8O. The average molecular weight is 300 g/mol. The van der Waals surface area contributed by atoms with Crippen LogP contribution in [-0.2, 0) is 19.5 Å². The number of fused-ring (bicyclic) bond motifs is 2. The lowest BCUT2D eigenvalue weighted by molar-refractivity contribution is 0.294. The number of aliphatic hydroxyl groups excluding tert-OH is 1. The monoisotopic (exact) mass is 300 g/mol. The van der Waals surface area contributed by atoms with E-state index in [4.69, 9.17) is 5.11 Å². The SMILES string of the molecule is Cc1cc2ncnc(N3CCn4c(CCO)nnc4C3)n2n1. The molecule has 0 unspecified atom stereocenters. The molecule has 0 spiro atoms. The second-order valence-electron chi connectivity index (χ2n) is 5.31. The van der Waals surface area contributed by atoms with E-state index in [1.165, 1.54) is 0 Å². The van der Waals surface area contributed by atoms with E-state index in [1.807, 2.05) is 13.0 Å². The molecular weight excluding hydrogens is 284 g/mol. The summed E-state index contributed by atoms with van der Waals surface area (Å²) in [5.41, 5.74) is 1.70. The number of rotatable bonds is 3. The summed E-state index contributed by atoms with van der Waals surface area (Å²) in [6.45, 7) is 4.19. The van der Waals surface area contributed by atoms with Crippen molar-refractivity contribution >= 4 is 11.6 Å². The van der Waals surface area contributed by atoms with Gasteiger partial charge in [0.1, 0.15) is 12.2 Å². The number of hydrogen-bond donors (Lipinski definition) is 1. The highest BCUT2D eigenvalue weighted by Gasteiger charge is 2.23. The number of aliphatic hydroxyl groups is 1. The smallest absolute Gasteiger partial charge is 0.230 e. The molecule has 0 saturated heterocycles. The molecule has 1 N–H and O–H groups in total. The van der Waals surface area contributed by atoms with Gasteiger partial charge in [0, 0.05) is 25.6 Å². The van der Waals surface area contributed by atoms with E-state index >= 15 is 0 Å². The van der Waals surface area contributed by atoms with Crippen LogP contribution in [0.2, 0.25) is 0 Å². The highest BCUT2D eigenvalue weighted by atomic mass is 16.3. The van der Waals surface area contributed by atoms with Crippen LogP contribution in [0.4, 0.5) is 5.95 Å². The predicted molar refractivity (Wildman–Crippen MR) is 77.4 cm³/mol. The minimum atomic E-state index is 0.0843. The summed E-state index contributed by atoms with van der Waals surface area (Å²) in [6, 6.07) is 1.93. The molecule has 0 fully saturated rings. The first kappa shape index (κ1) is 13.1. The number of anilines is 1. The third kappa shape index (κ3) is 2.01. The lowest BCUT2D eigenvalue weighted by Crippen LogP contribution is -2.36. The lowest BCUT2D eigenvalue weighted by atomic mass is 10.3. The van der Waals surface area contributed by atoms with Crippen molar-refractivity contribution in [2.45, 2.75) is 26.4 Å². The maximum atomic E-state index is 9.07. The molecule has 1 aliphatic heterocycles. The van der Waals surface area contributed by atoms with Crippen molar-refractivity contribution in [2.24, 2.45) is 0 Å². The van der Waals surface area contributed by atoms with Gasteiger partial charge in [-0.05, 0) is 6.92 Å². The standard InChI is InChI=1S/C13H16N8O/c1-9-6-11-14-8-15-13(21(11)18-9)19-3-4-20-10(2-5-22)16-17-12(20)7-19/h6,8,22H,2-5,7H2,1H3. The van der Waals surface area contributed by atoms with Crippen LogP contribution in [0.5, 0.6) is 0 Å². The Hall–Kier alpha value is -2.55. The average Bonchev–Trinajstić information content (AvgIpc) is 3.09. The molecule has 0 aliphatic carbocycles. The zero-order chi connectivity index (χ0) is 15.1. The van der Waals surface area contributed by atoms with E-state index < -0.39 is 0 Å². The van der Waals surface area contributed by atoms with Crippen LogP contribution in [0.1, 0.15) is 17.3 Å². The molecule has 9 heteroatoms. The van der Waals surface area contributed by atoms with Crippen molar-refractivity contribution in [3.8, 4) is 0 Å². The predicted octanol–water partition coefficient (Wildman–Crippen LogP) is -0.421. The van der Waals surface area contributed by atoms with Crippen molar-refractivity contribution in [1.29, 1.82) is 0 Å². The van der Waals surface area contributed by atoms with Crippen molar-refractivity contribution in [3.05, 3.63) is 29.7 Å². The van der Waals surface area contributed by atoms with Crippen LogP contribution in [-0.4, -0.2) is 52.6 Å². The van der Waals surface area contributed by atoms with Crippen molar-refractivity contribution < 1.29 is 5.11 Å². The van der Waals surface area contributed by atoms with E-state index in [2.05, 4.69) is 34.7 Å². The minimum Gasteiger partial charge on any atom is -0.396 e. The zero-order valence-electron chi connectivity index (χ0n) is 12.2. The fourth-order valence-corrected chi connectivity index (χ4v) is 2.81. The van der Waals surface area contributed by atoms with Gasteiger partial charge in [-0.2, -0.15) is 9.61 Å². The Morgan fingerprint density at radius 3 is 3.00 bits per heavy atom. The second-order valence-corrected chi connectivity index (χ2v) is 5.31. The molecule has 0 radical (unpaired) electrons. The summed E-state index contributed by atoms with van der Waals surface area (Å²) in [4.78, 5) is 10.7. The number of aromatic nitrogens is 7. The highest BCUT2D eigenvalue weighted by Crippen LogP contribution is 2.19. The van der Waals surface area contributed by atoms with Crippen LogP contribution in [0.3, 0.4) is 0 Å². The fraction of sp³-hybridized carbons (Fsp3) is 0.462. The van der Waals surface area contributed by atoms with Crippen molar-refractivity contribution in [3.63, 3.8) is 0 Å². The van der Waals surface area contributed by atoms with E-state index in [-0.39, 0.29) is 6.61 Å². The normalized spacial score (nSPS) is 14.5. The molecule has 0 saturated carbocycles. The molecule has 4 rings (SSSR count). The Labute approximate surface area is 126 Å². The molecule has 114 valence electrons. The zero-order valence-corrected chi connectivity index (χ0v) is 12.2. The van der Waals surface area contributed by atoms with Gasteiger partial charge in [0.15, 0.2) is 11.5 Å². The third-order valence-electron chi connectivity index (χ3n) is 3.81. The molecule has 3 aromatic rings. The van der Waals surface area contributed by atoms with Gasteiger partial charge in [0.25, 0.3) is 0 Å². The summed E-state index contributed by atoms with van der Waals surface area (Å²) in [6.07, 6.45) is 2.09. The van der Waals surface area contributed by atoms with E-state index in [0.717, 1.165) is 42.0 Å². The van der Waals surface area contributed by atoms with Gasteiger partial charge in [-0.25, -0.2) is 9.97 Å². The Kier molecular flexibility index (Phi) is 3.00. The molecule has 9 nitrogen and oxygen atoms in total. The van der Waals surface area contributed by atoms with Gasteiger partial charge in [0.2, 0.25) is 5.95 Å². The van der Waals surface area contributed by atoms with Crippen molar-refractivity contribution in [1.82, 2.24) is 34.3 Å². The Bertz CT molecular complexity index is 823. The van der Waals surface area contributed by atoms with Crippen LogP contribution in [0.15, 0.2) is 12.4 Å². The summed E-state index contributed by atoms with van der Waals surface area (Å²) < 4.78 is 3.83. The Morgan fingerprint density at radius 1 is 1.23 bits per heavy atom. The summed E-state index contributed by atoms with van der Waals surface area (Å²) in [5.74, 6) is 2.47. The van der Waals surface area contributed by atoms with Crippen LogP contribution in [0, 0.1) is 6.92 Å². The molecule has 22 heavy (non-hydrogen) atoms. The molecule has 4 heterocycles. The second kappa shape index (κ2) is 5.02. The maximum Gasteiger partial charge on any atom is 0.230 e. The third-order valence-corrected chi connectivity index (χ3v) is 3.81. The van der Waals surface area contributed by atoms with Crippen molar-refractivity contribution in [2.75, 3.05) is 18.1 Å². The fourth-order valence-electron chi connectivity index (χ4n) is 2.81. The van der Waals surface area contributed by atoms with E-state index in [0.29, 0.717) is 13.0 Å². The number of nitrogens with zero attached hydrogens (tertiary/aromatic N) is 8. The van der Waals surface area contributed by atoms with E-state index in [9.17, 15) is 0 Å². The Balaban J connectivity index is 1.69. The van der Waals surface area contributed by atoms with Crippen LogP contribution in [0.25, 0.3) is 5.65 Å².